The number of carbonyl (C=O) groups is 2. The molecule has 0 saturated heterocycles. The van der Waals surface area contributed by atoms with Gasteiger partial charge in [0.25, 0.3) is 0 Å². The summed E-state index contributed by atoms with van der Waals surface area (Å²) in [5.41, 5.74) is -0.347. The van der Waals surface area contributed by atoms with Crippen molar-refractivity contribution in [2.75, 3.05) is 6.79 Å². The Bertz CT molecular complexity index is 801. The summed E-state index contributed by atoms with van der Waals surface area (Å²) >= 11 is 0. The first-order chi connectivity index (χ1) is 11.1. The highest BCUT2D eigenvalue weighted by Crippen LogP contribution is 2.49. The maximum Gasteiger partial charge on any atom is 0.343 e. The summed E-state index contributed by atoms with van der Waals surface area (Å²) in [4.78, 5) is 33.7. The summed E-state index contributed by atoms with van der Waals surface area (Å²) in [5, 5.41) is 11.0. The summed E-state index contributed by atoms with van der Waals surface area (Å²) < 4.78 is 15.4. The summed E-state index contributed by atoms with van der Waals surface area (Å²) in [5.74, 6) is -1.23. The Balaban J connectivity index is 2.06. The molecule has 0 spiro atoms. The largest absolute Gasteiger partial charge is 0.449 e. The minimum Gasteiger partial charge on any atom is -0.449 e. The molecule has 116 valence electrons. The van der Waals surface area contributed by atoms with Gasteiger partial charge in [-0.1, -0.05) is 18.2 Å². The fourth-order valence-corrected chi connectivity index (χ4v) is 2.10. The predicted octanol–water partition coefficient (Wildman–Crippen LogP) is 2.36. The first-order valence-electron chi connectivity index (χ1n) is 6.45. The van der Waals surface area contributed by atoms with Gasteiger partial charge >= 0.3 is 11.7 Å². The molecular formula is C15H9NO7. The quantitative estimate of drug-likeness (QED) is 0.280. The fourth-order valence-electron chi connectivity index (χ4n) is 2.10. The van der Waals surface area contributed by atoms with Crippen LogP contribution in [-0.4, -0.2) is 24.0 Å². The van der Waals surface area contributed by atoms with E-state index in [4.69, 9.17) is 14.2 Å². The van der Waals surface area contributed by atoms with Gasteiger partial charge in [-0.3, -0.25) is 14.9 Å². The van der Waals surface area contributed by atoms with E-state index in [-0.39, 0.29) is 35.2 Å². The Morgan fingerprint density at radius 3 is 2.57 bits per heavy atom. The molecule has 8 nitrogen and oxygen atoms in total. The molecule has 0 bridgehead atoms. The van der Waals surface area contributed by atoms with Crippen LogP contribution in [0.15, 0.2) is 36.4 Å². The molecule has 0 atom stereocenters. The molecule has 1 heterocycles. The van der Waals surface area contributed by atoms with Gasteiger partial charge in [-0.05, 0) is 12.1 Å². The lowest BCUT2D eigenvalue weighted by molar-refractivity contribution is -0.385. The van der Waals surface area contributed by atoms with Crippen LogP contribution in [0.3, 0.4) is 0 Å². The van der Waals surface area contributed by atoms with Crippen LogP contribution in [-0.2, 0) is 0 Å². The number of nitro groups is 1. The predicted molar refractivity (Wildman–Crippen MR) is 76.0 cm³/mol. The molecule has 0 unspecified atom stereocenters. The fraction of sp³-hybridized carbons (Fsp3) is 0.0667. The third-order valence-corrected chi connectivity index (χ3v) is 3.13. The standard InChI is InChI=1S/C15H9NO7/c17-7-10-6-11(16(19)20)13-14(22-8-21-13)12(10)23-15(18)9-4-2-1-3-5-9/h1-7H,8H2. The second-order valence-electron chi connectivity index (χ2n) is 4.51. The van der Waals surface area contributed by atoms with E-state index in [0.717, 1.165) is 6.07 Å². The van der Waals surface area contributed by atoms with Gasteiger partial charge < -0.3 is 14.2 Å². The van der Waals surface area contributed by atoms with Crippen LogP contribution < -0.4 is 14.2 Å². The van der Waals surface area contributed by atoms with Crippen LogP contribution in [0.2, 0.25) is 0 Å². The van der Waals surface area contributed by atoms with Gasteiger partial charge in [-0.2, -0.15) is 0 Å². The number of aldehydes is 1. The normalized spacial score (nSPS) is 11.8. The van der Waals surface area contributed by atoms with Crippen LogP contribution >= 0.6 is 0 Å². The van der Waals surface area contributed by atoms with E-state index in [2.05, 4.69) is 0 Å². The van der Waals surface area contributed by atoms with Gasteiger partial charge in [0.15, 0.2) is 12.0 Å². The molecule has 0 aromatic heterocycles. The minimum atomic E-state index is -0.722. The van der Waals surface area contributed by atoms with Gasteiger partial charge in [0.05, 0.1) is 16.1 Å². The minimum absolute atomic E-state index is 0.134. The van der Waals surface area contributed by atoms with Crippen molar-refractivity contribution in [3.63, 3.8) is 0 Å². The highest BCUT2D eigenvalue weighted by molar-refractivity contribution is 5.94. The zero-order valence-electron chi connectivity index (χ0n) is 11.6. The van der Waals surface area contributed by atoms with E-state index in [1.807, 2.05) is 0 Å². The molecule has 1 aliphatic heterocycles. The highest BCUT2D eigenvalue weighted by atomic mass is 16.7. The highest BCUT2D eigenvalue weighted by Gasteiger charge is 2.33. The number of benzene rings is 2. The molecule has 0 fully saturated rings. The van der Waals surface area contributed by atoms with Crippen molar-refractivity contribution < 1.29 is 28.7 Å². The van der Waals surface area contributed by atoms with Crippen molar-refractivity contribution in [3.05, 3.63) is 57.6 Å². The number of hydrogen-bond acceptors (Lipinski definition) is 7. The van der Waals surface area contributed by atoms with Crippen LogP contribution in [0.25, 0.3) is 0 Å². The number of ether oxygens (including phenoxy) is 3. The second-order valence-corrected chi connectivity index (χ2v) is 4.51. The van der Waals surface area contributed by atoms with Gasteiger partial charge in [-0.15, -0.1) is 0 Å². The number of esters is 1. The van der Waals surface area contributed by atoms with Crippen LogP contribution in [0.5, 0.6) is 17.2 Å². The maximum absolute atomic E-state index is 12.1. The van der Waals surface area contributed by atoms with E-state index >= 15 is 0 Å². The smallest absolute Gasteiger partial charge is 0.343 e. The Morgan fingerprint density at radius 1 is 1.22 bits per heavy atom. The number of hydrogen-bond donors (Lipinski definition) is 0. The van der Waals surface area contributed by atoms with Gasteiger partial charge in [0, 0.05) is 6.07 Å². The zero-order valence-corrected chi connectivity index (χ0v) is 11.6. The summed E-state index contributed by atoms with van der Waals surface area (Å²) in [6.45, 7) is -0.269. The van der Waals surface area contributed by atoms with Crippen molar-refractivity contribution in [1.29, 1.82) is 0 Å². The first kappa shape index (κ1) is 14.5. The molecule has 1 aliphatic rings. The van der Waals surface area contributed by atoms with Gasteiger partial charge in [0.2, 0.25) is 18.3 Å². The van der Waals surface area contributed by atoms with Gasteiger partial charge in [0.1, 0.15) is 0 Å². The number of fused-ring (bicyclic) bond motifs is 1. The molecule has 0 N–H and O–H groups in total. The third-order valence-electron chi connectivity index (χ3n) is 3.13. The zero-order chi connectivity index (χ0) is 16.4. The van der Waals surface area contributed by atoms with E-state index in [1.54, 1.807) is 18.2 Å². The average Bonchev–Trinajstić information content (AvgIpc) is 3.05. The van der Waals surface area contributed by atoms with E-state index in [0.29, 0.717) is 6.29 Å². The molecule has 0 aliphatic carbocycles. The molecule has 2 aromatic rings. The molecule has 8 heteroatoms. The molecule has 0 amide bonds. The topological polar surface area (TPSA) is 105 Å². The Hall–Kier alpha value is -3.42. The van der Waals surface area contributed by atoms with Crippen molar-refractivity contribution in [1.82, 2.24) is 0 Å². The van der Waals surface area contributed by atoms with Crippen molar-refractivity contribution in [2.24, 2.45) is 0 Å². The number of carbonyl (C=O) groups excluding carboxylic acids is 2. The molecule has 23 heavy (non-hydrogen) atoms. The Morgan fingerprint density at radius 2 is 1.91 bits per heavy atom. The Labute approximate surface area is 129 Å². The summed E-state index contributed by atoms with van der Waals surface area (Å²) in [6, 6.07) is 9.08. The molecule has 2 aromatic carbocycles. The van der Waals surface area contributed by atoms with E-state index < -0.39 is 16.6 Å². The van der Waals surface area contributed by atoms with Crippen molar-refractivity contribution >= 4 is 17.9 Å². The lowest BCUT2D eigenvalue weighted by Gasteiger charge is -2.09. The van der Waals surface area contributed by atoms with E-state index in [1.165, 1.54) is 12.1 Å². The molecular weight excluding hydrogens is 306 g/mol. The number of nitro benzene ring substituents is 1. The van der Waals surface area contributed by atoms with E-state index in [9.17, 15) is 19.7 Å². The Kier molecular flexibility index (Phi) is 3.63. The summed E-state index contributed by atoms with van der Waals surface area (Å²) in [6.07, 6.45) is 0.350. The average molecular weight is 315 g/mol. The van der Waals surface area contributed by atoms with Gasteiger partial charge in [-0.25, -0.2) is 4.79 Å². The number of rotatable bonds is 4. The van der Waals surface area contributed by atoms with Crippen LogP contribution in [0.4, 0.5) is 5.69 Å². The molecule has 0 radical (unpaired) electrons. The molecule has 3 rings (SSSR count). The molecule has 0 saturated carbocycles. The lowest BCUT2D eigenvalue weighted by atomic mass is 10.1. The van der Waals surface area contributed by atoms with Crippen LogP contribution in [0.1, 0.15) is 20.7 Å². The lowest BCUT2D eigenvalue weighted by Crippen LogP contribution is -2.10. The van der Waals surface area contributed by atoms with Crippen LogP contribution in [0, 0.1) is 10.1 Å². The van der Waals surface area contributed by atoms with Crippen molar-refractivity contribution in [2.45, 2.75) is 0 Å². The third kappa shape index (κ3) is 2.57. The van der Waals surface area contributed by atoms with Crippen molar-refractivity contribution in [3.8, 4) is 17.2 Å². The number of nitrogens with zero attached hydrogens (tertiary/aromatic N) is 1. The monoisotopic (exact) mass is 315 g/mol. The first-order valence-corrected chi connectivity index (χ1v) is 6.45. The maximum atomic E-state index is 12.1. The second kappa shape index (κ2) is 5.76. The summed E-state index contributed by atoms with van der Waals surface area (Å²) in [7, 11) is 0. The SMILES string of the molecule is O=Cc1cc([N+](=O)[O-])c2c(c1OC(=O)c1ccccc1)OCO2.